The molecule has 1 N–H and O–H groups in total. The number of carbonyl (C=O) groups excluding carboxylic acids is 1. The van der Waals surface area contributed by atoms with Gasteiger partial charge >= 0.3 is 0 Å². The van der Waals surface area contributed by atoms with Crippen LogP contribution in [0, 0.1) is 4.77 Å². The number of nitrogens with zero attached hydrogens (tertiary/aromatic N) is 5. The Morgan fingerprint density at radius 1 is 1.21 bits per heavy atom. The van der Waals surface area contributed by atoms with Gasteiger partial charge in [0.15, 0.2) is 10.6 Å². The first-order chi connectivity index (χ1) is 14.1. The molecule has 4 rings (SSSR count). The average Bonchev–Trinajstić information content (AvgIpc) is 3.53. The third-order valence-electron chi connectivity index (χ3n) is 4.99. The van der Waals surface area contributed by atoms with E-state index in [0.29, 0.717) is 18.3 Å². The molecule has 8 heteroatoms. The lowest BCUT2D eigenvalue weighted by Gasteiger charge is -2.16. The zero-order chi connectivity index (χ0) is 20.4. The van der Waals surface area contributed by atoms with E-state index in [1.165, 1.54) is 0 Å². The minimum Gasteiger partial charge on any atom is -0.355 e. The molecule has 1 aliphatic rings. The molecule has 2 aromatic heterocycles. The van der Waals surface area contributed by atoms with Crippen LogP contribution in [0.2, 0.25) is 0 Å². The minimum absolute atomic E-state index is 0.0783. The van der Waals surface area contributed by atoms with Crippen LogP contribution in [0.5, 0.6) is 0 Å². The van der Waals surface area contributed by atoms with Crippen LogP contribution >= 0.6 is 12.2 Å². The fourth-order valence-electron chi connectivity index (χ4n) is 3.37. The molecule has 29 heavy (non-hydrogen) atoms. The zero-order valence-corrected chi connectivity index (χ0v) is 17.4. The zero-order valence-electron chi connectivity index (χ0n) is 16.6. The summed E-state index contributed by atoms with van der Waals surface area (Å²) in [4.78, 5) is 17.9. The second kappa shape index (κ2) is 8.26. The van der Waals surface area contributed by atoms with Crippen LogP contribution in [-0.4, -0.2) is 44.2 Å². The molecule has 1 saturated carbocycles. The van der Waals surface area contributed by atoms with Crippen LogP contribution in [0.15, 0.2) is 48.8 Å². The van der Waals surface area contributed by atoms with Crippen LogP contribution in [0.25, 0.3) is 11.4 Å². The highest BCUT2D eigenvalue weighted by Gasteiger charge is 2.29. The highest BCUT2D eigenvalue weighted by molar-refractivity contribution is 7.71. The number of amides is 1. The van der Waals surface area contributed by atoms with Gasteiger partial charge in [0.25, 0.3) is 5.91 Å². The number of benzene rings is 1. The van der Waals surface area contributed by atoms with Gasteiger partial charge in [-0.2, -0.15) is 5.10 Å². The molecule has 2 heterocycles. The predicted molar refractivity (Wildman–Crippen MR) is 114 cm³/mol. The van der Waals surface area contributed by atoms with Gasteiger partial charge < -0.3 is 5.32 Å². The molecule has 1 amide bonds. The van der Waals surface area contributed by atoms with Crippen LogP contribution < -0.4 is 5.32 Å². The maximum atomic E-state index is 11.7. The van der Waals surface area contributed by atoms with Crippen LogP contribution in [0.4, 0.5) is 0 Å². The lowest BCUT2D eigenvalue weighted by molar-refractivity contribution is 0.0963. The molecule has 150 valence electrons. The Balaban J connectivity index is 1.52. The van der Waals surface area contributed by atoms with Crippen LogP contribution in [-0.2, 0) is 13.2 Å². The Morgan fingerprint density at radius 2 is 1.90 bits per heavy atom. The van der Waals surface area contributed by atoms with Crippen molar-refractivity contribution in [1.82, 2.24) is 29.5 Å². The maximum Gasteiger partial charge on any atom is 0.251 e. The lowest BCUT2D eigenvalue weighted by Crippen LogP contribution is -2.23. The van der Waals surface area contributed by atoms with Gasteiger partial charge in [0.1, 0.15) is 0 Å². The Hall–Kier alpha value is -2.84. The number of hydrogen-bond acceptors (Lipinski definition) is 5. The van der Waals surface area contributed by atoms with E-state index in [0.717, 1.165) is 41.1 Å². The molecule has 1 aliphatic carbocycles. The van der Waals surface area contributed by atoms with Crippen molar-refractivity contribution in [3.05, 3.63) is 64.7 Å². The third-order valence-corrected chi connectivity index (χ3v) is 5.40. The lowest BCUT2D eigenvalue weighted by atomic mass is 10.1. The van der Waals surface area contributed by atoms with Gasteiger partial charge in [-0.05, 0) is 61.9 Å². The van der Waals surface area contributed by atoms with E-state index in [-0.39, 0.29) is 5.91 Å². The first-order valence-electron chi connectivity index (χ1n) is 9.66. The number of carbonyl (C=O) groups is 1. The summed E-state index contributed by atoms with van der Waals surface area (Å²) in [5.74, 6) is 0.827. The Labute approximate surface area is 175 Å². The van der Waals surface area contributed by atoms with Crippen molar-refractivity contribution in [2.75, 3.05) is 14.1 Å². The van der Waals surface area contributed by atoms with E-state index in [4.69, 9.17) is 17.3 Å². The molecule has 1 aromatic carbocycles. The summed E-state index contributed by atoms with van der Waals surface area (Å²) in [5, 5.41) is 7.46. The number of rotatable bonds is 7. The molecule has 0 atom stereocenters. The normalized spacial score (nSPS) is 13.6. The molecule has 3 aromatic rings. The SMILES string of the molecule is CNC(=O)c1ccc(CN(C)Cn2nc(-c3ccncc3)n(C3CC3)c2=S)cc1. The van der Waals surface area contributed by atoms with Crippen molar-refractivity contribution in [2.24, 2.45) is 0 Å². The van der Waals surface area contributed by atoms with Crippen molar-refractivity contribution in [2.45, 2.75) is 32.1 Å². The Bertz CT molecular complexity index is 1050. The van der Waals surface area contributed by atoms with Crippen molar-refractivity contribution in [3.8, 4) is 11.4 Å². The molecule has 0 spiro atoms. The van der Waals surface area contributed by atoms with Gasteiger partial charge in [0.05, 0.1) is 6.67 Å². The average molecular weight is 409 g/mol. The summed E-state index contributed by atoms with van der Waals surface area (Å²) in [7, 11) is 3.67. The summed E-state index contributed by atoms with van der Waals surface area (Å²) in [6.45, 7) is 1.32. The summed E-state index contributed by atoms with van der Waals surface area (Å²) in [6.07, 6.45) is 5.85. The minimum atomic E-state index is -0.0783. The van der Waals surface area contributed by atoms with E-state index in [2.05, 4.69) is 19.8 Å². The fourth-order valence-corrected chi connectivity index (χ4v) is 3.70. The van der Waals surface area contributed by atoms with E-state index < -0.39 is 0 Å². The standard InChI is InChI=1S/C21H24N6OS/c1-22-20(28)17-5-3-15(4-6-17)13-25(2)14-26-21(29)27(18-7-8-18)19(24-26)16-9-11-23-12-10-16/h3-6,9-12,18H,7-8,13-14H2,1-2H3,(H,22,28). The largest absolute Gasteiger partial charge is 0.355 e. The summed E-state index contributed by atoms with van der Waals surface area (Å²) >= 11 is 5.75. The molecule has 0 saturated heterocycles. The van der Waals surface area contributed by atoms with E-state index >= 15 is 0 Å². The van der Waals surface area contributed by atoms with Crippen molar-refractivity contribution < 1.29 is 4.79 Å². The third kappa shape index (κ3) is 4.28. The highest BCUT2D eigenvalue weighted by Crippen LogP contribution is 2.38. The number of aromatic nitrogens is 4. The number of hydrogen-bond donors (Lipinski definition) is 1. The smallest absolute Gasteiger partial charge is 0.251 e. The summed E-state index contributed by atoms with van der Waals surface area (Å²) in [5.41, 5.74) is 2.82. The van der Waals surface area contributed by atoms with Gasteiger partial charge in [-0.1, -0.05) is 12.1 Å². The quantitative estimate of drug-likeness (QED) is 0.608. The fraction of sp³-hybridized carbons (Fsp3) is 0.333. The van der Waals surface area contributed by atoms with Gasteiger partial charge in [0, 0.05) is 43.2 Å². The highest BCUT2D eigenvalue weighted by atomic mass is 32.1. The van der Waals surface area contributed by atoms with Crippen molar-refractivity contribution in [3.63, 3.8) is 0 Å². The molecule has 1 fully saturated rings. The Kier molecular flexibility index (Phi) is 5.55. The molecule has 0 radical (unpaired) electrons. The molecule has 0 unspecified atom stereocenters. The molecular weight excluding hydrogens is 384 g/mol. The molecule has 0 aliphatic heterocycles. The first kappa shape index (κ1) is 19.5. The summed E-state index contributed by atoms with van der Waals surface area (Å²) < 4.78 is 4.82. The van der Waals surface area contributed by atoms with Crippen molar-refractivity contribution >= 4 is 18.1 Å². The molecular formula is C21H24N6OS. The topological polar surface area (TPSA) is 68.0 Å². The monoisotopic (exact) mass is 408 g/mol. The van der Waals surface area contributed by atoms with Gasteiger partial charge in [-0.3, -0.25) is 19.2 Å². The van der Waals surface area contributed by atoms with E-state index in [1.54, 1.807) is 19.4 Å². The second-order valence-corrected chi connectivity index (χ2v) is 7.74. The molecule has 7 nitrogen and oxygen atoms in total. The number of pyridine rings is 1. The second-order valence-electron chi connectivity index (χ2n) is 7.37. The number of nitrogens with one attached hydrogen (secondary N) is 1. The van der Waals surface area contributed by atoms with Crippen LogP contribution in [0.3, 0.4) is 0 Å². The first-order valence-corrected chi connectivity index (χ1v) is 10.1. The van der Waals surface area contributed by atoms with E-state index in [9.17, 15) is 4.79 Å². The van der Waals surface area contributed by atoms with E-state index in [1.807, 2.05) is 48.1 Å². The van der Waals surface area contributed by atoms with Crippen LogP contribution in [0.1, 0.15) is 34.8 Å². The maximum absolute atomic E-state index is 11.7. The Morgan fingerprint density at radius 3 is 2.52 bits per heavy atom. The predicted octanol–water partition coefficient (Wildman–Crippen LogP) is 3.26. The molecule has 0 bridgehead atoms. The van der Waals surface area contributed by atoms with Gasteiger partial charge in [-0.25, -0.2) is 4.68 Å². The van der Waals surface area contributed by atoms with Gasteiger partial charge in [0.2, 0.25) is 0 Å². The summed E-state index contributed by atoms with van der Waals surface area (Å²) in [6, 6.07) is 12.0. The van der Waals surface area contributed by atoms with Gasteiger partial charge in [-0.15, -0.1) is 0 Å². The van der Waals surface area contributed by atoms with Crippen molar-refractivity contribution in [1.29, 1.82) is 0 Å².